The number of hydrogen-bond donors (Lipinski definition) is 0. The van der Waals surface area contributed by atoms with Crippen molar-refractivity contribution in [3.63, 3.8) is 0 Å². The van der Waals surface area contributed by atoms with E-state index in [1.165, 1.54) is 6.20 Å². The van der Waals surface area contributed by atoms with Crippen molar-refractivity contribution in [1.82, 2.24) is 9.97 Å². The number of rotatable bonds is 2. The van der Waals surface area contributed by atoms with Gasteiger partial charge in [0.2, 0.25) is 11.2 Å². The van der Waals surface area contributed by atoms with Gasteiger partial charge in [-0.25, -0.2) is 9.97 Å². The van der Waals surface area contributed by atoms with Crippen LogP contribution in [0, 0.1) is 22.7 Å². The van der Waals surface area contributed by atoms with Gasteiger partial charge >= 0.3 is 0 Å². The molecule has 2 atom stereocenters. The molecular weight excluding hydrogens is 264 g/mol. The Kier molecular flexibility index (Phi) is 2.72. The zero-order chi connectivity index (χ0) is 13.6. The number of halogens is 1. The van der Waals surface area contributed by atoms with Gasteiger partial charge in [-0.05, 0) is 49.8 Å². The highest BCUT2D eigenvalue weighted by Gasteiger charge is 2.59. The summed E-state index contributed by atoms with van der Waals surface area (Å²) in [5, 5.41) is 9.59. The first-order valence-electron chi connectivity index (χ1n) is 6.32. The second-order valence-corrected chi connectivity index (χ2v) is 5.61. The molecule has 98 valence electrons. The number of aromatic nitrogens is 2. The van der Waals surface area contributed by atoms with Gasteiger partial charge in [0.25, 0.3) is 0 Å². The Morgan fingerprint density at radius 1 is 1.58 bits per heavy atom. The van der Waals surface area contributed by atoms with Crippen LogP contribution in [0.3, 0.4) is 0 Å². The second-order valence-electron chi connectivity index (χ2n) is 5.27. The van der Waals surface area contributed by atoms with Gasteiger partial charge in [-0.15, -0.1) is 0 Å². The number of nitrogens with zero attached hydrogens (tertiary/aromatic N) is 4. The van der Waals surface area contributed by atoms with Gasteiger partial charge in [0.05, 0.1) is 6.07 Å². The van der Waals surface area contributed by atoms with Crippen LogP contribution in [-0.4, -0.2) is 21.9 Å². The van der Waals surface area contributed by atoms with E-state index in [1.807, 2.05) is 6.92 Å². The van der Waals surface area contributed by atoms with Crippen LogP contribution in [0.4, 0.5) is 5.82 Å². The molecule has 0 spiro atoms. The lowest BCUT2D eigenvalue weighted by atomic mass is 9.81. The summed E-state index contributed by atoms with van der Waals surface area (Å²) < 4.78 is 0. The molecule has 0 bridgehead atoms. The van der Waals surface area contributed by atoms with Gasteiger partial charge < -0.3 is 0 Å². The lowest BCUT2D eigenvalue weighted by Gasteiger charge is -2.21. The molecule has 2 heterocycles. The fourth-order valence-electron chi connectivity index (χ4n) is 2.95. The molecule has 1 aliphatic carbocycles. The van der Waals surface area contributed by atoms with Gasteiger partial charge in [0.15, 0.2) is 0 Å². The van der Waals surface area contributed by atoms with Gasteiger partial charge in [-0.3, -0.25) is 9.69 Å². The number of hydrogen-bond acceptors (Lipinski definition) is 4. The molecular formula is C13H13ClN4O. The van der Waals surface area contributed by atoms with Gasteiger partial charge in [-0.2, -0.15) is 5.26 Å². The van der Waals surface area contributed by atoms with Crippen LogP contribution in [0.2, 0.25) is 5.28 Å². The summed E-state index contributed by atoms with van der Waals surface area (Å²) in [5.41, 5.74) is -0.864. The molecule has 0 unspecified atom stereocenters. The van der Waals surface area contributed by atoms with Gasteiger partial charge in [0, 0.05) is 12.2 Å². The molecule has 1 aliphatic heterocycles. The first-order valence-corrected chi connectivity index (χ1v) is 6.70. The SMILES string of the molecule is C[C@@H]1C[C@@](C#N)(C2CC2)C(=O)N1c1ccnc(Cl)n1. The average Bonchev–Trinajstić information content (AvgIpc) is 3.17. The van der Waals surface area contributed by atoms with Crippen molar-refractivity contribution in [3.05, 3.63) is 17.5 Å². The van der Waals surface area contributed by atoms with Gasteiger partial charge in [0.1, 0.15) is 11.2 Å². The Morgan fingerprint density at radius 3 is 2.89 bits per heavy atom. The molecule has 1 aromatic heterocycles. The zero-order valence-corrected chi connectivity index (χ0v) is 11.3. The Morgan fingerprint density at radius 2 is 2.32 bits per heavy atom. The van der Waals surface area contributed by atoms with Crippen molar-refractivity contribution >= 4 is 23.3 Å². The van der Waals surface area contributed by atoms with Gasteiger partial charge in [-0.1, -0.05) is 0 Å². The maximum absolute atomic E-state index is 12.7. The predicted octanol–water partition coefficient (Wildman–Crippen LogP) is 2.18. The molecule has 19 heavy (non-hydrogen) atoms. The predicted molar refractivity (Wildman–Crippen MR) is 69.4 cm³/mol. The van der Waals surface area contributed by atoms with E-state index in [9.17, 15) is 10.1 Å². The normalized spacial score (nSPS) is 30.5. The first kappa shape index (κ1) is 12.4. The topological polar surface area (TPSA) is 69.9 Å². The van der Waals surface area contributed by atoms with E-state index in [2.05, 4.69) is 16.0 Å². The quantitative estimate of drug-likeness (QED) is 0.776. The largest absolute Gasteiger partial charge is 0.292 e. The summed E-state index contributed by atoms with van der Waals surface area (Å²) in [6.45, 7) is 1.94. The summed E-state index contributed by atoms with van der Waals surface area (Å²) >= 11 is 5.77. The maximum atomic E-state index is 12.7. The highest BCUT2D eigenvalue weighted by molar-refractivity contribution is 6.28. The average molecular weight is 277 g/mol. The summed E-state index contributed by atoms with van der Waals surface area (Å²) in [4.78, 5) is 22.2. The first-order chi connectivity index (χ1) is 9.08. The van der Waals surface area contributed by atoms with Crippen molar-refractivity contribution in [3.8, 4) is 6.07 Å². The van der Waals surface area contributed by atoms with E-state index >= 15 is 0 Å². The van der Waals surface area contributed by atoms with E-state index < -0.39 is 5.41 Å². The molecule has 2 aliphatic rings. The highest BCUT2D eigenvalue weighted by atomic mass is 35.5. The lowest BCUT2D eigenvalue weighted by molar-refractivity contribution is -0.123. The smallest absolute Gasteiger partial charge is 0.249 e. The summed E-state index contributed by atoms with van der Waals surface area (Å²) in [6, 6.07) is 3.88. The minimum Gasteiger partial charge on any atom is -0.292 e. The molecule has 5 nitrogen and oxygen atoms in total. The zero-order valence-electron chi connectivity index (χ0n) is 10.5. The third-order valence-corrected chi connectivity index (χ3v) is 4.17. The Balaban J connectivity index is 2.00. The van der Waals surface area contributed by atoms with E-state index in [-0.39, 0.29) is 23.2 Å². The molecule has 3 rings (SSSR count). The van der Waals surface area contributed by atoms with E-state index in [4.69, 9.17) is 11.6 Å². The fraction of sp³-hybridized carbons (Fsp3) is 0.538. The molecule has 1 aromatic rings. The van der Waals surface area contributed by atoms with Crippen LogP contribution in [0.15, 0.2) is 12.3 Å². The van der Waals surface area contributed by atoms with E-state index in [1.54, 1.807) is 11.0 Å². The van der Waals surface area contributed by atoms with Crippen molar-refractivity contribution in [1.29, 1.82) is 5.26 Å². The van der Waals surface area contributed by atoms with E-state index in [0.717, 1.165) is 12.8 Å². The van der Waals surface area contributed by atoms with Crippen molar-refractivity contribution in [2.75, 3.05) is 4.90 Å². The summed E-state index contributed by atoms with van der Waals surface area (Å²) in [6.07, 6.45) is 4.01. The third-order valence-electron chi connectivity index (χ3n) is 3.99. The number of nitriles is 1. The fourth-order valence-corrected chi connectivity index (χ4v) is 3.09. The molecule has 6 heteroatoms. The van der Waals surface area contributed by atoms with E-state index in [0.29, 0.717) is 12.2 Å². The number of carbonyl (C=O) groups is 1. The van der Waals surface area contributed by atoms with Crippen LogP contribution >= 0.6 is 11.6 Å². The number of anilines is 1. The molecule has 0 radical (unpaired) electrons. The van der Waals surface area contributed by atoms with Crippen LogP contribution in [0.5, 0.6) is 0 Å². The van der Waals surface area contributed by atoms with Crippen molar-refractivity contribution in [2.45, 2.75) is 32.2 Å². The van der Waals surface area contributed by atoms with Crippen LogP contribution in [-0.2, 0) is 4.79 Å². The molecule has 1 saturated heterocycles. The minimum absolute atomic E-state index is 0.0429. The van der Waals surface area contributed by atoms with Crippen LogP contribution in [0.1, 0.15) is 26.2 Å². The maximum Gasteiger partial charge on any atom is 0.249 e. The van der Waals surface area contributed by atoms with Crippen molar-refractivity contribution < 1.29 is 4.79 Å². The molecule has 1 amide bonds. The molecule has 1 saturated carbocycles. The Labute approximate surface area is 116 Å². The Hall–Kier alpha value is -1.67. The second kappa shape index (κ2) is 4.17. The lowest BCUT2D eigenvalue weighted by Crippen LogP contribution is -2.37. The number of carbonyl (C=O) groups excluding carboxylic acids is 1. The van der Waals surface area contributed by atoms with Crippen LogP contribution in [0.25, 0.3) is 0 Å². The molecule has 2 fully saturated rings. The summed E-state index contributed by atoms with van der Waals surface area (Å²) in [7, 11) is 0. The molecule has 0 aromatic carbocycles. The summed E-state index contributed by atoms with van der Waals surface area (Å²) in [5.74, 6) is 0.546. The monoisotopic (exact) mass is 276 g/mol. The number of amides is 1. The third kappa shape index (κ3) is 1.79. The highest BCUT2D eigenvalue weighted by Crippen LogP contribution is 2.53. The van der Waals surface area contributed by atoms with Crippen molar-refractivity contribution in [2.24, 2.45) is 11.3 Å². The Bertz CT molecular complexity index is 580. The standard InChI is InChI=1S/C13H13ClN4O/c1-8-6-13(7-15,9-2-3-9)11(19)18(8)10-4-5-16-12(14)17-10/h4-5,8-9H,2-3,6H2,1H3/t8-,13-/m1/s1. The molecule has 0 N–H and O–H groups in total. The minimum atomic E-state index is -0.864. The van der Waals surface area contributed by atoms with Crippen LogP contribution < -0.4 is 4.90 Å².